The molecule has 1 fully saturated rings. The summed E-state index contributed by atoms with van der Waals surface area (Å²) in [4.78, 5) is 33.1. The molecular weight excluding hydrogens is 339 g/mol. The van der Waals surface area contributed by atoms with Crippen LogP contribution in [0.4, 0.5) is 5.82 Å². The van der Waals surface area contributed by atoms with Gasteiger partial charge in [0.05, 0.1) is 6.61 Å². The summed E-state index contributed by atoms with van der Waals surface area (Å²) in [5, 5.41) is 26.9. The number of nitrogen functional groups attached to an aromatic ring is 1. The molecule has 10 N–H and O–H groups in total. The van der Waals surface area contributed by atoms with Crippen molar-refractivity contribution in [2.24, 2.45) is 5.73 Å². The molecule has 0 saturated carbocycles. The van der Waals surface area contributed by atoms with Gasteiger partial charge in [0, 0.05) is 6.20 Å². The number of primary amides is 1. The highest BCUT2D eigenvalue weighted by atomic mass is 31.2. The number of aliphatic hydroxyl groups excluding tert-OH is 3. The summed E-state index contributed by atoms with van der Waals surface area (Å²) in [6.07, 6.45) is -4.37. The number of H-pyrrole nitrogens is 1. The molecule has 1 saturated heterocycles. The first-order valence-electron chi connectivity index (χ1n) is 6.02. The summed E-state index contributed by atoms with van der Waals surface area (Å²) in [6.45, 7) is -0.584. The molecule has 4 atom stereocenters. The molecule has 1 aromatic heterocycles. The quantitative estimate of drug-likeness (QED) is 0.248. The van der Waals surface area contributed by atoms with E-state index in [2.05, 4.69) is 19.2 Å². The van der Waals surface area contributed by atoms with Crippen molar-refractivity contribution in [2.45, 2.75) is 24.6 Å². The van der Waals surface area contributed by atoms with Gasteiger partial charge in [-0.15, -0.1) is 0 Å². The molecule has 1 aliphatic rings. The molecule has 1 unspecified atom stereocenters. The molecular formula is C9H17N4O9P. The lowest BCUT2D eigenvalue weighted by Gasteiger charge is -2.15. The van der Waals surface area contributed by atoms with Crippen LogP contribution in [0.2, 0.25) is 0 Å². The van der Waals surface area contributed by atoms with E-state index in [9.17, 15) is 9.36 Å². The Kier molecular flexibility index (Phi) is 6.61. The number of carbonyl (C=O) groups excluding carboxylic acids is 1. The van der Waals surface area contributed by atoms with Crippen LogP contribution in [-0.4, -0.2) is 72.2 Å². The van der Waals surface area contributed by atoms with Crippen molar-refractivity contribution in [1.29, 1.82) is 0 Å². The summed E-state index contributed by atoms with van der Waals surface area (Å²) in [7, 11) is -4.79. The number of aromatic nitrogens is 2. The highest BCUT2D eigenvalue weighted by molar-refractivity contribution is 7.46. The van der Waals surface area contributed by atoms with E-state index in [0.717, 1.165) is 0 Å². The van der Waals surface area contributed by atoms with Gasteiger partial charge in [-0.25, -0.2) is 9.55 Å². The molecule has 2 heterocycles. The van der Waals surface area contributed by atoms with Crippen molar-refractivity contribution in [1.82, 2.24) is 9.97 Å². The molecule has 0 aromatic carbocycles. The predicted octanol–water partition coefficient (Wildman–Crippen LogP) is -3.37. The standard InChI is InChI=1S/C5H11O8P.C4H6N4O/c6-1-2-3(7)4(8)5(12-2)13-14(9,10)11;5-2-1-7-4(8-2)3(6)9/h2-8H,1H2,(H2,9,10,11);1H,5H2,(H2,6,9)(H,7,8)/t2-,3-,4-,5?;/m1./s1. The Balaban J connectivity index is 0.000000253. The maximum Gasteiger partial charge on any atom is 0.472 e. The van der Waals surface area contributed by atoms with Crippen molar-refractivity contribution in [3.05, 3.63) is 12.0 Å². The lowest BCUT2D eigenvalue weighted by molar-refractivity contribution is -0.126. The van der Waals surface area contributed by atoms with E-state index in [1.54, 1.807) is 0 Å². The van der Waals surface area contributed by atoms with Crippen LogP contribution in [0.3, 0.4) is 0 Å². The Labute approximate surface area is 129 Å². The van der Waals surface area contributed by atoms with Crippen molar-refractivity contribution in [2.75, 3.05) is 12.3 Å². The third-order valence-electron chi connectivity index (χ3n) is 2.57. The minimum absolute atomic E-state index is 0.0903. The van der Waals surface area contributed by atoms with Gasteiger partial charge >= 0.3 is 7.82 Å². The van der Waals surface area contributed by atoms with Gasteiger partial charge in [0.2, 0.25) is 0 Å². The van der Waals surface area contributed by atoms with Gasteiger partial charge in [-0.05, 0) is 0 Å². The Hall–Kier alpha value is -1.57. The molecule has 14 heteroatoms. The number of phosphoric acid groups is 1. The van der Waals surface area contributed by atoms with Crippen LogP contribution >= 0.6 is 7.82 Å². The Morgan fingerprint density at radius 3 is 2.35 bits per heavy atom. The lowest BCUT2D eigenvalue weighted by Crippen LogP contribution is -2.34. The monoisotopic (exact) mass is 356 g/mol. The zero-order valence-corrected chi connectivity index (χ0v) is 12.4. The number of aromatic amines is 1. The Morgan fingerprint density at radius 1 is 1.43 bits per heavy atom. The number of nitrogens with one attached hydrogen (secondary N) is 1. The van der Waals surface area contributed by atoms with E-state index in [-0.39, 0.29) is 11.6 Å². The van der Waals surface area contributed by atoms with Crippen molar-refractivity contribution >= 4 is 19.5 Å². The van der Waals surface area contributed by atoms with Crippen LogP contribution in [0.5, 0.6) is 0 Å². The summed E-state index contributed by atoms with van der Waals surface area (Å²) in [5.41, 5.74) is 10.0. The van der Waals surface area contributed by atoms with Crippen LogP contribution in [0.15, 0.2) is 6.20 Å². The summed E-state index contributed by atoms with van der Waals surface area (Å²) in [6, 6.07) is 0. The Morgan fingerprint density at radius 2 is 2.04 bits per heavy atom. The first-order chi connectivity index (χ1) is 10.5. The van der Waals surface area contributed by atoms with E-state index in [1.807, 2.05) is 0 Å². The van der Waals surface area contributed by atoms with Crippen LogP contribution in [0, 0.1) is 0 Å². The fraction of sp³-hybridized carbons (Fsp3) is 0.556. The van der Waals surface area contributed by atoms with Gasteiger partial charge in [0.25, 0.3) is 5.91 Å². The highest BCUT2D eigenvalue weighted by Gasteiger charge is 2.45. The first kappa shape index (κ1) is 19.5. The molecule has 1 aliphatic heterocycles. The van der Waals surface area contributed by atoms with Gasteiger partial charge in [0.1, 0.15) is 24.1 Å². The first-order valence-corrected chi connectivity index (χ1v) is 7.55. The average Bonchev–Trinajstić information content (AvgIpc) is 2.97. The smallest absolute Gasteiger partial charge is 0.394 e. The minimum Gasteiger partial charge on any atom is -0.394 e. The summed E-state index contributed by atoms with van der Waals surface area (Å²) in [5.74, 6) is -0.247. The van der Waals surface area contributed by atoms with Crippen LogP contribution in [0.1, 0.15) is 10.6 Å². The zero-order valence-electron chi connectivity index (χ0n) is 11.5. The van der Waals surface area contributed by atoms with Crippen molar-refractivity contribution in [3.8, 4) is 0 Å². The van der Waals surface area contributed by atoms with Crippen LogP contribution < -0.4 is 11.5 Å². The molecule has 2 rings (SSSR count). The van der Waals surface area contributed by atoms with Gasteiger partial charge in [0.15, 0.2) is 12.1 Å². The van der Waals surface area contributed by atoms with E-state index < -0.39 is 44.9 Å². The molecule has 0 bridgehead atoms. The summed E-state index contributed by atoms with van der Waals surface area (Å²) >= 11 is 0. The van der Waals surface area contributed by atoms with Gasteiger partial charge in [-0.2, -0.15) is 0 Å². The van der Waals surface area contributed by atoms with Crippen LogP contribution in [-0.2, 0) is 13.8 Å². The van der Waals surface area contributed by atoms with E-state index in [1.165, 1.54) is 6.20 Å². The maximum atomic E-state index is 10.4. The number of nitrogens with two attached hydrogens (primary N) is 2. The van der Waals surface area contributed by atoms with Gasteiger partial charge < -0.3 is 46.3 Å². The fourth-order valence-electron chi connectivity index (χ4n) is 1.55. The third-order valence-corrected chi connectivity index (χ3v) is 3.05. The number of hydrogen-bond donors (Lipinski definition) is 8. The molecule has 132 valence electrons. The number of amides is 1. The topological polar surface area (TPSA) is 234 Å². The van der Waals surface area contributed by atoms with Crippen molar-refractivity contribution < 1.29 is 43.7 Å². The molecule has 0 spiro atoms. The van der Waals surface area contributed by atoms with Gasteiger partial charge in [-0.3, -0.25) is 9.32 Å². The van der Waals surface area contributed by atoms with E-state index >= 15 is 0 Å². The SMILES string of the molecule is NC(=O)c1nc(N)c[nH]1.O=P(O)(O)OC1O[C@H](CO)[C@@H](O)[C@H]1O. The molecule has 0 radical (unpaired) electrons. The summed E-state index contributed by atoms with van der Waals surface area (Å²) < 4.78 is 19.1. The fourth-order valence-corrected chi connectivity index (χ4v) is 1.99. The molecule has 0 aliphatic carbocycles. The molecule has 23 heavy (non-hydrogen) atoms. The minimum atomic E-state index is -4.79. The molecule has 1 amide bonds. The third kappa shape index (κ3) is 5.85. The number of phosphoric ester groups is 1. The second kappa shape index (κ2) is 7.81. The number of ether oxygens (including phenoxy) is 1. The Bertz CT molecular complexity index is 575. The number of carbonyl (C=O) groups is 1. The second-order valence-electron chi connectivity index (χ2n) is 4.34. The average molecular weight is 356 g/mol. The van der Waals surface area contributed by atoms with Gasteiger partial charge in [-0.1, -0.05) is 0 Å². The zero-order chi connectivity index (χ0) is 17.8. The number of imidazole rings is 1. The maximum absolute atomic E-state index is 10.4. The number of rotatable bonds is 4. The number of anilines is 1. The molecule has 1 aromatic rings. The number of nitrogens with zero attached hydrogens (tertiary/aromatic N) is 1. The lowest BCUT2D eigenvalue weighted by atomic mass is 10.1. The number of aliphatic hydroxyl groups is 3. The largest absolute Gasteiger partial charge is 0.472 e. The highest BCUT2D eigenvalue weighted by Crippen LogP contribution is 2.40. The van der Waals surface area contributed by atoms with E-state index in [4.69, 9.17) is 36.6 Å². The van der Waals surface area contributed by atoms with Crippen molar-refractivity contribution in [3.63, 3.8) is 0 Å². The van der Waals surface area contributed by atoms with E-state index in [0.29, 0.717) is 0 Å². The molecule has 13 nitrogen and oxygen atoms in total. The second-order valence-corrected chi connectivity index (χ2v) is 5.53. The van der Waals surface area contributed by atoms with Crippen LogP contribution in [0.25, 0.3) is 0 Å². The number of hydrogen-bond acceptors (Lipinski definition) is 9. The normalized spacial score (nSPS) is 27.3. The predicted molar refractivity (Wildman–Crippen MR) is 72.4 cm³/mol.